The lowest BCUT2D eigenvalue weighted by molar-refractivity contribution is -0.211. The highest BCUT2D eigenvalue weighted by Gasteiger charge is 2.30. The monoisotopic (exact) mass is 683 g/mol. The fourth-order valence-electron chi connectivity index (χ4n) is 5.27. The number of hydrogen-bond donors (Lipinski definition) is 0. The first-order chi connectivity index (χ1) is 22.5. The third-order valence-electron chi connectivity index (χ3n) is 7.79. The standard InChI is InChI=1S/C35H36F3N3O4S2/c1-4-5-27-20-30(14-15-32(27)45-44-24(3)43)46-22-33-31(39-34(47-33)26-6-10-28(11-7-26)35(36,37)38)21-40-16-18-41(19-17-40)29-12-8-25(9-13-29)23(2)42/h6-15,20H,4-5,16-19,21-22H2,1-3H3. The Morgan fingerprint density at radius 1 is 0.957 bits per heavy atom. The number of ketones is 1. The van der Waals surface area contributed by atoms with Crippen molar-refractivity contribution in [1.82, 2.24) is 9.88 Å². The van der Waals surface area contributed by atoms with Crippen LogP contribution in [0.4, 0.5) is 18.9 Å². The minimum absolute atomic E-state index is 0.0426. The molecule has 248 valence electrons. The van der Waals surface area contributed by atoms with Gasteiger partial charge < -0.3 is 4.90 Å². The zero-order valence-electron chi connectivity index (χ0n) is 26.4. The predicted molar refractivity (Wildman–Crippen MR) is 179 cm³/mol. The Hall–Kier alpha value is -3.87. The first-order valence-corrected chi connectivity index (χ1v) is 17.2. The summed E-state index contributed by atoms with van der Waals surface area (Å²) in [6.07, 6.45) is -2.76. The number of Topliss-reactive ketones (excluding diaryl/α,β-unsaturated/α-hetero) is 1. The van der Waals surface area contributed by atoms with Gasteiger partial charge in [-0.2, -0.15) is 13.2 Å². The van der Waals surface area contributed by atoms with Gasteiger partial charge in [-0.1, -0.05) is 25.5 Å². The van der Waals surface area contributed by atoms with Crippen LogP contribution in [0.3, 0.4) is 0 Å². The number of benzene rings is 3. The molecular formula is C35H36F3N3O4S2. The lowest BCUT2D eigenvalue weighted by Gasteiger charge is -2.36. The Bertz CT molecular complexity index is 1680. The predicted octanol–water partition coefficient (Wildman–Crippen LogP) is 8.46. The van der Waals surface area contributed by atoms with E-state index in [1.165, 1.54) is 30.4 Å². The quantitative estimate of drug-likeness (QED) is 0.0638. The number of nitrogens with zero attached hydrogens (tertiary/aromatic N) is 3. The number of anilines is 1. The summed E-state index contributed by atoms with van der Waals surface area (Å²) in [6, 6.07) is 18.6. The Morgan fingerprint density at radius 3 is 2.28 bits per heavy atom. The molecule has 0 N–H and O–H groups in total. The van der Waals surface area contributed by atoms with Gasteiger partial charge in [-0.3, -0.25) is 19.5 Å². The van der Waals surface area contributed by atoms with E-state index < -0.39 is 17.7 Å². The zero-order chi connectivity index (χ0) is 33.6. The average molecular weight is 684 g/mol. The molecule has 1 aliphatic rings. The van der Waals surface area contributed by atoms with Crippen molar-refractivity contribution in [1.29, 1.82) is 0 Å². The first-order valence-electron chi connectivity index (χ1n) is 15.4. The topological polar surface area (TPSA) is 72.0 Å². The van der Waals surface area contributed by atoms with Gasteiger partial charge in [-0.15, -0.1) is 23.1 Å². The van der Waals surface area contributed by atoms with Crippen molar-refractivity contribution >= 4 is 40.5 Å². The van der Waals surface area contributed by atoms with E-state index in [1.807, 2.05) is 36.4 Å². The summed E-state index contributed by atoms with van der Waals surface area (Å²) in [7, 11) is 0. The molecule has 47 heavy (non-hydrogen) atoms. The molecule has 0 aliphatic carbocycles. The highest BCUT2D eigenvalue weighted by Crippen LogP contribution is 2.37. The van der Waals surface area contributed by atoms with Crippen LogP contribution in [0.25, 0.3) is 10.6 Å². The highest BCUT2D eigenvalue weighted by molar-refractivity contribution is 7.98. The van der Waals surface area contributed by atoms with Gasteiger partial charge in [0.05, 0.1) is 11.3 Å². The molecule has 0 saturated carbocycles. The normalized spacial score (nSPS) is 13.9. The van der Waals surface area contributed by atoms with Gasteiger partial charge in [0.2, 0.25) is 0 Å². The Kier molecular flexibility index (Phi) is 11.3. The number of piperazine rings is 1. The Morgan fingerprint density at radius 2 is 1.66 bits per heavy atom. The molecule has 0 radical (unpaired) electrons. The van der Waals surface area contributed by atoms with Crippen LogP contribution < -0.4 is 9.79 Å². The number of carbonyl (C=O) groups excluding carboxylic acids is 2. The minimum Gasteiger partial charge on any atom is -0.369 e. The molecule has 0 unspecified atom stereocenters. The zero-order valence-corrected chi connectivity index (χ0v) is 28.1. The number of carbonyl (C=O) groups is 2. The van der Waals surface area contributed by atoms with Crippen molar-refractivity contribution in [2.45, 2.75) is 57.0 Å². The number of thioether (sulfide) groups is 1. The molecule has 1 aliphatic heterocycles. The molecule has 0 amide bonds. The number of alkyl halides is 3. The van der Waals surface area contributed by atoms with Gasteiger partial charge in [0, 0.05) is 77.6 Å². The lowest BCUT2D eigenvalue weighted by atomic mass is 10.1. The van der Waals surface area contributed by atoms with Crippen LogP contribution in [0.15, 0.2) is 71.6 Å². The first kappa shape index (κ1) is 34.5. The second-order valence-electron chi connectivity index (χ2n) is 11.3. The Labute approximate surface area is 280 Å². The molecule has 0 bridgehead atoms. The third kappa shape index (κ3) is 9.15. The minimum atomic E-state index is -4.40. The molecule has 1 saturated heterocycles. The fourth-order valence-corrected chi connectivity index (χ4v) is 7.41. The summed E-state index contributed by atoms with van der Waals surface area (Å²) in [5.74, 6) is 0.646. The summed E-state index contributed by atoms with van der Waals surface area (Å²) < 4.78 is 39.6. The molecule has 1 fully saturated rings. The van der Waals surface area contributed by atoms with Crippen LogP contribution in [0.5, 0.6) is 5.75 Å². The summed E-state index contributed by atoms with van der Waals surface area (Å²) in [5.41, 5.74) is 3.58. The molecule has 3 aromatic carbocycles. The number of aromatic nitrogens is 1. The third-order valence-corrected chi connectivity index (χ3v) is 10.1. The van der Waals surface area contributed by atoms with Crippen LogP contribution in [0, 0.1) is 0 Å². The maximum Gasteiger partial charge on any atom is 0.416 e. The molecule has 1 aromatic heterocycles. The average Bonchev–Trinajstić information content (AvgIpc) is 3.45. The van der Waals surface area contributed by atoms with E-state index >= 15 is 0 Å². The van der Waals surface area contributed by atoms with Gasteiger partial charge in [0.15, 0.2) is 11.5 Å². The molecule has 0 atom stereocenters. The van der Waals surface area contributed by atoms with Crippen LogP contribution in [-0.2, 0) is 34.6 Å². The molecule has 0 spiro atoms. The van der Waals surface area contributed by atoms with E-state index in [0.717, 1.165) is 77.9 Å². The van der Waals surface area contributed by atoms with Gasteiger partial charge in [0.25, 0.3) is 0 Å². The van der Waals surface area contributed by atoms with E-state index in [1.54, 1.807) is 24.8 Å². The van der Waals surface area contributed by atoms with Crippen molar-refractivity contribution in [3.8, 4) is 16.3 Å². The molecule has 4 aromatic rings. The van der Waals surface area contributed by atoms with Crippen molar-refractivity contribution in [3.05, 3.63) is 94.0 Å². The van der Waals surface area contributed by atoms with Crippen molar-refractivity contribution in [2.24, 2.45) is 0 Å². The maximum atomic E-state index is 13.2. The number of hydrogen-bond acceptors (Lipinski definition) is 9. The smallest absolute Gasteiger partial charge is 0.369 e. The maximum absolute atomic E-state index is 13.2. The van der Waals surface area contributed by atoms with Crippen LogP contribution in [-0.4, -0.2) is 47.8 Å². The summed E-state index contributed by atoms with van der Waals surface area (Å²) in [6.45, 7) is 8.81. The Balaban J connectivity index is 1.32. The van der Waals surface area contributed by atoms with E-state index in [-0.39, 0.29) is 5.78 Å². The van der Waals surface area contributed by atoms with E-state index in [4.69, 9.17) is 14.8 Å². The molecule has 5 rings (SSSR count). The van der Waals surface area contributed by atoms with E-state index in [9.17, 15) is 22.8 Å². The molecule has 12 heteroatoms. The second-order valence-corrected chi connectivity index (χ2v) is 13.4. The van der Waals surface area contributed by atoms with Crippen molar-refractivity contribution in [2.75, 3.05) is 31.1 Å². The van der Waals surface area contributed by atoms with Crippen molar-refractivity contribution in [3.63, 3.8) is 0 Å². The van der Waals surface area contributed by atoms with Gasteiger partial charge in [-0.25, -0.2) is 9.78 Å². The SMILES string of the molecule is CCCc1cc(SCc2sc(-c3ccc(C(F)(F)F)cc3)nc2CN2CCN(c3ccc(C(C)=O)cc3)CC2)ccc1OOC(C)=O. The summed E-state index contributed by atoms with van der Waals surface area (Å²) >= 11 is 3.15. The fraction of sp³-hybridized carbons (Fsp3) is 0.343. The van der Waals surface area contributed by atoms with Crippen LogP contribution in [0.1, 0.15) is 59.2 Å². The van der Waals surface area contributed by atoms with Crippen LogP contribution >= 0.6 is 23.1 Å². The summed E-state index contributed by atoms with van der Waals surface area (Å²) in [5, 5.41) is 0.685. The van der Waals surface area contributed by atoms with Gasteiger partial charge >= 0.3 is 12.1 Å². The number of thiazole rings is 1. The highest BCUT2D eigenvalue weighted by atomic mass is 32.2. The number of aryl methyl sites for hydroxylation is 1. The second kappa shape index (κ2) is 15.4. The van der Waals surface area contributed by atoms with Crippen LogP contribution in [0.2, 0.25) is 0 Å². The van der Waals surface area contributed by atoms with Gasteiger partial charge in [-0.05, 0) is 67.9 Å². The molecular weight excluding hydrogens is 648 g/mol. The van der Waals surface area contributed by atoms with E-state index in [0.29, 0.717) is 34.2 Å². The molecule has 7 nitrogen and oxygen atoms in total. The number of rotatable bonds is 12. The largest absolute Gasteiger partial charge is 0.416 e. The van der Waals surface area contributed by atoms with Crippen molar-refractivity contribution < 1.29 is 32.5 Å². The molecule has 2 heterocycles. The van der Waals surface area contributed by atoms with Gasteiger partial charge in [0.1, 0.15) is 5.01 Å². The lowest BCUT2D eigenvalue weighted by Crippen LogP contribution is -2.46. The van der Waals surface area contributed by atoms with E-state index in [2.05, 4.69) is 16.7 Å². The number of halogens is 3. The summed E-state index contributed by atoms with van der Waals surface area (Å²) in [4.78, 5) is 44.6.